The predicted octanol–water partition coefficient (Wildman–Crippen LogP) is 9.58. The fraction of sp³-hybridized carbons (Fsp3) is 0.600. The summed E-state index contributed by atoms with van der Waals surface area (Å²) in [5.41, 5.74) is 4.59. The molecule has 0 saturated heterocycles. The van der Waals surface area contributed by atoms with Crippen molar-refractivity contribution in [3.05, 3.63) is 50.7 Å². The van der Waals surface area contributed by atoms with E-state index in [2.05, 4.69) is 92.5 Å². The summed E-state index contributed by atoms with van der Waals surface area (Å²) in [5, 5.41) is 0. The number of benzene rings is 1. The largest absolute Gasteiger partial charge is 0.0858 e. The highest BCUT2D eigenvalue weighted by Gasteiger charge is 2.20. The second-order valence-corrected chi connectivity index (χ2v) is 15.8. The third kappa shape index (κ3) is 10.1. The van der Waals surface area contributed by atoms with Crippen molar-refractivity contribution < 1.29 is 0 Å². The summed E-state index contributed by atoms with van der Waals surface area (Å²) < 4.78 is 1.67. The molecule has 0 saturated carbocycles. The van der Waals surface area contributed by atoms with Gasteiger partial charge in [-0.25, -0.2) is 0 Å². The summed E-state index contributed by atoms with van der Waals surface area (Å²) >= 11 is 2.67. The average molecular weight is 497 g/mol. The third-order valence-electron chi connectivity index (χ3n) is 5.03. The molecule has 152 valence electrons. The van der Waals surface area contributed by atoms with Gasteiger partial charge in [0.15, 0.2) is 0 Å². The molecule has 0 aliphatic heterocycles. The van der Waals surface area contributed by atoms with Gasteiger partial charge in [0, 0.05) is 0 Å². The van der Waals surface area contributed by atoms with E-state index in [1.54, 1.807) is 14.3 Å². The van der Waals surface area contributed by atoms with Gasteiger partial charge in [0.2, 0.25) is 0 Å². The quantitative estimate of drug-likeness (QED) is 0.110. The summed E-state index contributed by atoms with van der Waals surface area (Å²) in [6.45, 7) is 12.0. The summed E-state index contributed by atoms with van der Waals surface area (Å²) in [6, 6.07) is 11.1. The van der Waals surface area contributed by atoms with Crippen LogP contribution in [0, 0.1) is 0 Å². The Labute approximate surface area is 184 Å². The molecule has 0 atom stereocenters. The van der Waals surface area contributed by atoms with E-state index < -0.39 is 8.07 Å². The van der Waals surface area contributed by atoms with Gasteiger partial charge in [-0.1, -0.05) is 131 Å². The molecule has 0 aliphatic rings. The first-order valence-corrected chi connectivity index (χ1v) is 15.6. The van der Waals surface area contributed by atoms with E-state index in [-0.39, 0.29) is 0 Å². The Morgan fingerprint density at radius 2 is 1.37 bits per heavy atom. The number of allylic oxidation sites excluding steroid dienone is 3. The molecule has 0 heterocycles. The molecule has 0 unspecified atom stereocenters. The zero-order valence-electron chi connectivity index (χ0n) is 18.4. The Morgan fingerprint density at radius 3 is 1.89 bits per heavy atom. The maximum atomic E-state index is 2.67. The van der Waals surface area contributed by atoms with Crippen molar-refractivity contribution in [1.29, 1.82) is 0 Å². The Kier molecular flexibility index (Phi) is 12.6. The first kappa shape index (κ1) is 24.7. The topological polar surface area (TPSA) is 0 Å². The highest BCUT2D eigenvalue weighted by Crippen LogP contribution is 2.32. The van der Waals surface area contributed by atoms with E-state index in [9.17, 15) is 0 Å². The molecular formula is C25H41ISi. The van der Waals surface area contributed by atoms with Gasteiger partial charge in [0.25, 0.3) is 0 Å². The lowest BCUT2D eigenvalue weighted by atomic mass is 9.96. The molecular weight excluding hydrogens is 455 g/mol. The van der Waals surface area contributed by atoms with Crippen LogP contribution in [0.3, 0.4) is 0 Å². The number of hydrogen-bond acceptors (Lipinski definition) is 0. The zero-order chi connectivity index (χ0) is 20.1. The van der Waals surface area contributed by atoms with Gasteiger partial charge < -0.3 is 0 Å². The van der Waals surface area contributed by atoms with Crippen LogP contribution in [0.15, 0.2) is 45.2 Å². The van der Waals surface area contributed by atoms with Gasteiger partial charge in [-0.05, 0) is 45.6 Å². The van der Waals surface area contributed by atoms with Gasteiger partial charge in [0.1, 0.15) is 0 Å². The fourth-order valence-corrected chi connectivity index (χ4v) is 4.96. The molecule has 0 bridgehead atoms. The van der Waals surface area contributed by atoms with Crippen LogP contribution < -0.4 is 0 Å². The van der Waals surface area contributed by atoms with Crippen molar-refractivity contribution in [3.63, 3.8) is 0 Å². The highest BCUT2D eigenvalue weighted by atomic mass is 127. The minimum atomic E-state index is -1.28. The molecule has 0 fully saturated rings. The Bertz CT molecular complexity index is 578. The maximum absolute atomic E-state index is 2.67. The van der Waals surface area contributed by atoms with Crippen LogP contribution in [0.25, 0.3) is 5.57 Å². The zero-order valence-corrected chi connectivity index (χ0v) is 21.6. The van der Waals surface area contributed by atoms with Crippen LogP contribution >= 0.6 is 22.6 Å². The molecule has 1 aromatic rings. The van der Waals surface area contributed by atoms with Crippen molar-refractivity contribution in [3.8, 4) is 0 Å². The molecule has 0 N–H and O–H groups in total. The number of hydrogen-bond donors (Lipinski definition) is 0. The van der Waals surface area contributed by atoms with Gasteiger partial charge in [0.05, 0.1) is 8.07 Å². The molecule has 1 rings (SSSR count). The van der Waals surface area contributed by atoms with Crippen LogP contribution in [-0.2, 0) is 0 Å². The maximum Gasteiger partial charge on any atom is 0.0858 e. The van der Waals surface area contributed by atoms with Crippen LogP contribution in [0.1, 0.15) is 83.6 Å². The molecule has 0 aliphatic carbocycles. The molecule has 0 aromatic heterocycles. The fourth-order valence-electron chi connectivity index (χ4n) is 3.37. The molecule has 0 radical (unpaired) electrons. The van der Waals surface area contributed by atoms with Crippen molar-refractivity contribution >= 4 is 36.2 Å². The molecule has 27 heavy (non-hydrogen) atoms. The van der Waals surface area contributed by atoms with Crippen molar-refractivity contribution in [2.75, 3.05) is 0 Å². The minimum Gasteiger partial charge on any atom is -0.0654 e. The van der Waals surface area contributed by atoms with Gasteiger partial charge in [-0.2, -0.15) is 0 Å². The van der Waals surface area contributed by atoms with E-state index in [0.29, 0.717) is 0 Å². The van der Waals surface area contributed by atoms with E-state index in [0.717, 1.165) is 0 Å². The van der Waals surface area contributed by atoms with E-state index in [1.807, 2.05) is 0 Å². The van der Waals surface area contributed by atoms with Crippen molar-refractivity contribution in [1.82, 2.24) is 0 Å². The van der Waals surface area contributed by atoms with Crippen LogP contribution in [0.4, 0.5) is 0 Å². The van der Waals surface area contributed by atoms with Gasteiger partial charge in [-0.15, -0.1) is 0 Å². The van der Waals surface area contributed by atoms with Crippen LogP contribution in [0.2, 0.25) is 19.6 Å². The molecule has 1 aromatic carbocycles. The Balaban J connectivity index is 3.12. The number of unbranched alkanes of at least 4 members (excludes halogenated alkanes) is 6. The van der Waals surface area contributed by atoms with Gasteiger partial charge in [-0.3, -0.25) is 0 Å². The minimum absolute atomic E-state index is 1.21. The monoisotopic (exact) mass is 496 g/mol. The summed E-state index contributed by atoms with van der Waals surface area (Å²) in [5.74, 6) is 0. The van der Waals surface area contributed by atoms with E-state index in [1.165, 1.54) is 69.8 Å². The third-order valence-corrected chi connectivity index (χ3v) is 12.2. The van der Waals surface area contributed by atoms with E-state index >= 15 is 0 Å². The summed E-state index contributed by atoms with van der Waals surface area (Å²) in [6.07, 6.45) is 15.7. The van der Waals surface area contributed by atoms with E-state index in [4.69, 9.17) is 0 Å². The average Bonchev–Trinajstić information content (AvgIpc) is 2.65. The molecule has 0 amide bonds. The standard InChI is InChI=1S/C25H41ISi/c1-6-8-10-13-19-23(22-17-15-12-16-18-22)21-24(20-14-11-9-7-2)25(26)27(3,4)5/h12,15-18,21H,6-11,13-14,19-20H2,1-5H3. The first-order chi connectivity index (χ1) is 12.9. The molecule has 2 heteroatoms. The lowest BCUT2D eigenvalue weighted by Gasteiger charge is -2.20. The predicted molar refractivity (Wildman–Crippen MR) is 136 cm³/mol. The highest BCUT2D eigenvalue weighted by molar-refractivity contribution is 14.1. The SMILES string of the molecule is CCCCCCC(=CC(CCCCCC)=C(I)[Si](C)(C)C)c1ccccc1. The lowest BCUT2D eigenvalue weighted by molar-refractivity contribution is 0.667. The lowest BCUT2D eigenvalue weighted by Crippen LogP contribution is -2.21. The second-order valence-electron chi connectivity index (χ2n) is 8.75. The van der Waals surface area contributed by atoms with Crippen LogP contribution in [-0.4, -0.2) is 8.07 Å². The molecule has 0 spiro atoms. The Morgan fingerprint density at radius 1 is 0.815 bits per heavy atom. The van der Waals surface area contributed by atoms with Crippen LogP contribution in [0.5, 0.6) is 0 Å². The summed E-state index contributed by atoms with van der Waals surface area (Å²) in [7, 11) is -1.28. The summed E-state index contributed by atoms with van der Waals surface area (Å²) in [4.78, 5) is 0. The smallest absolute Gasteiger partial charge is 0.0654 e. The second kappa shape index (κ2) is 13.8. The normalized spacial score (nSPS) is 13.6. The number of rotatable bonds is 13. The van der Waals surface area contributed by atoms with Gasteiger partial charge >= 0.3 is 0 Å². The Hall–Kier alpha value is -0.353. The number of halogens is 1. The molecule has 0 nitrogen and oxygen atoms in total. The van der Waals surface area contributed by atoms with Crippen molar-refractivity contribution in [2.24, 2.45) is 0 Å². The first-order valence-electron chi connectivity index (χ1n) is 11.0. The van der Waals surface area contributed by atoms with Crippen molar-refractivity contribution in [2.45, 2.75) is 97.7 Å².